The molecule has 0 bridgehead atoms. The fraction of sp³-hybridized carbons (Fsp3) is 0.562. The van der Waals surface area contributed by atoms with Crippen LogP contribution in [0.1, 0.15) is 11.6 Å². The van der Waals surface area contributed by atoms with Gasteiger partial charge in [0.2, 0.25) is 0 Å². The van der Waals surface area contributed by atoms with Gasteiger partial charge in [0.25, 0.3) is 0 Å². The summed E-state index contributed by atoms with van der Waals surface area (Å²) in [5, 5.41) is 6.93. The molecular weight excluding hydrogens is 317 g/mol. The normalized spacial score (nSPS) is 16.8. The molecule has 1 aromatic carbocycles. The van der Waals surface area contributed by atoms with Gasteiger partial charge in [-0.25, -0.2) is 4.39 Å². The Morgan fingerprint density at radius 1 is 1.30 bits per heavy atom. The highest BCUT2D eigenvalue weighted by Gasteiger charge is 2.22. The SMILES string of the molecule is COCCNC(=S)NCC(c1ccc(F)cc1)N1CCOCC1. The van der Waals surface area contributed by atoms with E-state index in [0.717, 1.165) is 18.7 Å². The van der Waals surface area contributed by atoms with Crippen LogP contribution in [-0.4, -0.2) is 63.1 Å². The van der Waals surface area contributed by atoms with Gasteiger partial charge in [-0.3, -0.25) is 4.90 Å². The number of morpholine rings is 1. The molecule has 23 heavy (non-hydrogen) atoms. The van der Waals surface area contributed by atoms with E-state index in [2.05, 4.69) is 15.5 Å². The zero-order valence-electron chi connectivity index (χ0n) is 13.4. The van der Waals surface area contributed by atoms with Gasteiger partial charge in [0.05, 0.1) is 25.9 Å². The Balaban J connectivity index is 1.95. The Labute approximate surface area is 142 Å². The van der Waals surface area contributed by atoms with Crippen molar-refractivity contribution >= 4 is 17.3 Å². The molecule has 1 aliphatic heterocycles. The molecule has 1 aliphatic rings. The molecule has 0 saturated carbocycles. The van der Waals surface area contributed by atoms with Crippen molar-refractivity contribution in [2.75, 3.05) is 53.1 Å². The predicted molar refractivity (Wildman–Crippen MR) is 92.0 cm³/mol. The van der Waals surface area contributed by atoms with E-state index in [1.807, 2.05) is 12.1 Å². The number of nitrogens with zero attached hydrogens (tertiary/aromatic N) is 1. The lowest BCUT2D eigenvalue weighted by atomic mass is 10.0. The van der Waals surface area contributed by atoms with Crippen LogP contribution in [0, 0.1) is 5.82 Å². The van der Waals surface area contributed by atoms with Crippen molar-refractivity contribution in [2.45, 2.75) is 6.04 Å². The van der Waals surface area contributed by atoms with Gasteiger partial charge in [0.15, 0.2) is 5.11 Å². The van der Waals surface area contributed by atoms with E-state index in [4.69, 9.17) is 21.7 Å². The van der Waals surface area contributed by atoms with Crippen LogP contribution in [-0.2, 0) is 9.47 Å². The van der Waals surface area contributed by atoms with Gasteiger partial charge in [0, 0.05) is 33.3 Å². The minimum atomic E-state index is -0.223. The molecule has 1 aromatic rings. The Morgan fingerprint density at radius 3 is 2.65 bits per heavy atom. The lowest BCUT2D eigenvalue weighted by molar-refractivity contribution is 0.0170. The molecule has 0 aromatic heterocycles. The van der Waals surface area contributed by atoms with Crippen molar-refractivity contribution in [3.05, 3.63) is 35.6 Å². The minimum absolute atomic E-state index is 0.127. The Hall–Kier alpha value is -1.28. The number of hydrogen-bond acceptors (Lipinski definition) is 4. The van der Waals surface area contributed by atoms with Gasteiger partial charge >= 0.3 is 0 Å². The number of thiocarbonyl (C=S) groups is 1. The summed E-state index contributed by atoms with van der Waals surface area (Å²) in [7, 11) is 1.65. The zero-order chi connectivity index (χ0) is 16.5. The van der Waals surface area contributed by atoms with E-state index in [1.54, 1.807) is 7.11 Å². The predicted octanol–water partition coefficient (Wildman–Crippen LogP) is 1.31. The summed E-state index contributed by atoms with van der Waals surface area (Å²) in [6.45, 7) is 5.07. The van der Waals surface area contributed by atoms with Crippen LogP contribution < -0.4 is 10.6 Å². The first-order chi connectivity index (χ1) is 11.2. The smallest absolute Gasteiger partial charge is 0.166 e. The van der Waals surface area contributed by atoms with E-state index in [1.165, 1.54) is 12.1 Å². The first kappa shape index (κ1) is 18.1. The molecule has 0 radical (unpaired) electrons. The Bertz CT molecular complexity index is 481. The number of halogens is 1. The number of rotatable bonds is 7. The van der Waals surface area contributed by atoms with Crippen molar-refractivity contribution in [3.8, 4) is 0 Å². The summed E-state index contributed by atoms with van der Waals surface area (Å²) in [5.41, 5.74) is 1.07. The molecule has 2 rings (SSSR count). The van der Waals surface area contributed by atoms with E-state index in [0.29, 0.717) is 38.0 Å². The number of hydrogen-bond donors (Lipinski definition) is 2. The van der Waals surface area contributed by atoms with Gasteiger partial charge in [-0.2, -0.15) is 0 Å². The maximum absolute atomic E-state index is 13.2. The molecule has 1 fully saturated rings. The third kappa shape index (κ3) is 6.02. The van der Waals surface area contributed by atoms with Crippen molar-refractivity contribution in [1.82, 2.24) is 15.5 Å². The topological polar surface area (TPSA) is 45.8 Å². The fourth-order valence-electron chi connectivity index (χ4n) is 2.55. The number of nitrogens with one attached hydrogen (secondary N) is 2. The van der Waals surface area contributed by atoms with Crippen LogP contribution in [0.2, 0.25) is 0 Å². The Morgan fingerprint density at radius 2 is 2.00 bits per heavy atom. The Kier molecular flexibility index (Phi) is 7.67. The molecule has 1 saturated heterocycles. The highest BCUT2D eigenvalue weighted by molar-refractivity contribution is 7.80. The fourth-order valence-corrected chi connectivity index (χ4v) is 2.74. The molecule has 5 nitrogen and oxygen atoms in total. The molecule has 0 aliphatic carbocycles. The maximum atomic E-state index is 13.2. The average Bonchev–Trinajstić information content (AvgIpc) is 2.58. The highest BCUT2D eigenvalue weighted by Crippen LogP contribution is 2.21. The monoisotopic (exact) mass is 341 g/mol. The van der Waals surface area contributed by atoms with E-state index < -0.39 is 0 Å². The zero-order valence-corrected chi connectivity index (χ0v) is 14.2. The minimum Gasteiger partial charge on any atom is -0.383 e. The quantitative estimate of drug-likeness (QED) is 0.576. The third-order valence-corrected chi connectivity index (χ3v) is 4.08. The number of benzene rings is 1. The largest absolute Gasteiger partial charge is 0.383 e. The molecule has 7 heteroatoms. The number of ether oxygens (including phenoxy) is 2. The lowest BCUT2D eigenvalue weighted by Crippen LogP contribution is -2.46. The second-order valence-corrected chi connectivity index (χ2v) is 5.75. The summed E-state index contributed by atoms with van der Waals surface area (Å²) >= 11 is 5.28. The molecular formula is C16H24FN3O2S. The van der Waals surface area contributed by atoms with Crippen LogP contribution in [0.5, 0.6) is 0 Å². The molecule has 0 spiro atoms. The van der Waals surface area contributed by atoms with Gasteiger partial charge in [-0.1, -0.05) is 12.1 Å². The summed E-state index contributed by atoms with van der Waals surface area (Å²) < 4.78 is 23.6. The van der Waals surface area contributed by atoms with Gasteiger partial charge in [-0.05, 0) is 29.9 Å². The van der Waals surface area contributed by atoms with Crippen LogP contribution >= 0.6 is 12.2 Å². The molecule has 1 unspecified atom stereocenters. The molecule has 1 atom stereocenters. The van der Waals surface area contributed by atoms with Gasteiger partial charge < -0.3 is 20.1 Å². The molecule has 1 heterocycles. The lowest BCUT2D eigenvalue weighted by Gasteiger charge is -2.35. The molecule has 128 valence electrons. The summed E-state index contributed by atoms with van der Waals surface area (Å²) in [6.07, 6.45) is 0. The van der Waals surface area contributed by atoms with Crippen molar-refractivity contribution in [2.24, 2.45) is 0 Å². The molecule has 2 N–H and O–H groups in total. The highest BCUT2D eigenvalue weighted by atomic mass is 32.1. The van der Waals surface area contributed by atoms with Crippen LogP contribution in [0.4, 0.5) is 4.39 Å². The van der Waals surface area contributed by atoms with Gasteiger partial charge in [-0.15, -0.1) is 0 Å². The van der Waals surface area contributed by atoms with Crippen LogP contribution in [0.25, 0.3) is 0 Å². The van der Waals surface area contributed by atoms with Crippen molar-refractivity contribution in [3.63, 3.8) is 0 Å². The van der Waals surface area contributed by atoms with Gasteiger partial charge in [0.1, 0.15) is 5.82 Å². The third-order valence-electron chi connectivity index (χ3n) is 3.79. The molecule has 0 amide bonds. The van der Waals surface area contributed by atoms with E-state index in [9.17, 15) is 4.39 Å². The van der Waals surface area contributed by atoms with Crippen LogP contribution in [0.15, 0.2) is 24.3 Å². The van der Waals surface area contributed by atoms with Crippen molar-refractivity contribution in [1.29, 1.82) is 0 Å². The summed E-state index contributed by atoms with van der Waals surface area (Å²) in [5.74, 6) is -0.223. The van der Waals surface area contributed by atoms with Crippen molar-refractivity contribution < 1.29 is 13.9 Å². The standard InChI is InChI=1S/C16H24FN3O2S/c1-21-9-6-18-16(23)19-12-15(20-7-10-22-11-8-20)13-2-4-14(17)5-3-13/h2-5,15H,6-12H2,1H3,(H2,18,19,23). The van der Waals surface area contributed by atoms with E-state index >= 15 is 0 Å². The second-order valence-electron chi connectivity index (χ2n) is 5.35. The summed E-state index contributed by atoms with van der Waals surface area (Å²) in [4.78, 5) is 2.33. The van der Waals surface area contributed by atoms with E-state index in [-0.39, 0.29) is 11.9 Å². The summed E-state index contributed by atoms with van der Waals surface area (Å²) in [6, 6.07) is 6.79. The maximum Gasteiger partial charge on any atom is 0.166 e. The first-order valence-electron chi connectivity index (χ1n) is 7.78. The van der Waals surface area contributed by atoms with Crippen LogP contribution in [0.3, 0.4) is 0 Å². The average molecular weight is 341 g/mol. The second kappa shape index (κ2) is 9.77. The first-order valence-corrected chi connectivity index (χ1v) is 8.19. The number of methoxy groups -OCH3 is 1.